The van der Waals surface area contributed by atoms with Crippen LogP contribution in [0.4, 0.5) is 11.4 Å². The molecular weight excluding hydrogens is 206 g/mol. The first-order valence-electron chi connectivity index (χ1n) is 4.88. The smallest absolute Gasteiger partial charge is 0.247 e. The van der Waals surface area contributed by atoms with Gasteiger partial charge in [-0.05, 0) is 19.1 Å². The lowest BCUT2D eigenvalue weighted by atomic mass is 10.1. The molecule has 1 aromatic carbocycles. The van der Waals surface area contributed by atoms with Gasteiger partial charge in [-0.3, -0.25) is 10.0 Å². The highest BCUT2D eigenvalue weighted by atomic mass is 16.5. The van der Waals surface area contributed by atoms with Crippen LogP contribution in [0.3, 0.4) is 0 Å². The molecule has 0 aliphatic rings. The fourth-order valence-electron chi connectivity index (χ4n) is 1.34. The maximum absolute atomic E-state index is 11.0. The van der Waals surface area contributed by atoms with E-state index in [2.05, 4.69) is 5.32 Å². The van der Waals surface area contributed by atoms with E-state index in [-0.39, 0.29) is 11.3 Å². The van der Waals surface area contributed by atoms with Crippen molar-refractivity contribution in [3.8, 4) is 6.07 Å². The Morgan fingerprint density at radius 1 is 1.62 bits per heavy atom. The Morgan fingerprint density at radius 2 is 2.31 bits per heavy atom. The van der Waals surface area contributed by atoms with Crippen LogP contribution in [0.1, 0.15) is 19.4 Å². The lowest BCUT2D eigenvalue weighted by molar-refractivity contribution is -0.121. The molecule has 0 radical (unpaired) electrons. The van der Waals surface area contributed by atoms with Crippen LogP contribution in [-0.4, -0.2) is 17.7 Å². The molecule has 2 N–H and O–H groups in total. The molecular formula is C11H13N3O2. The van der Waals surface area contributed by atoms with Crippen molar-refractivity contribution in [1.29, 1.82) is 5.26 Å². The van der Waals surface area contributed by atoms with Gasteiger partial charge in [0.15, 0.2) is 0 Å². The molecule has 0 aromatic heterocycles. The van der Waals surface area contributed by atoms with Gasteiger partial charge in [0.05, 0.1) is 11.4 Å². The molecule has 16 heavy (non-hydrogen) atoms. The van der Waals surface area contributed by atoms with Gasteiger partial charge in [-0.15, -0.1) is 0 Å². The largest absolute Gasteiger partial charge is 0.384 e. The number of carbonyl (C=O) groups excluding carboxylic acids is 1. The van der Waals surface area contributed by atoms with Gasteiger partial charge < -0.3 is 5.32 Å². The molecule has 0 fully saturated rings. The highest BCUT2D eigenvalue weighted by molar-refractivity contribution is 5.92. The molecule has 0 spiro atoms. The number of carbonyl (C=O) groups is 1. The van der Waals surface area contributed by atoms with E-state index in [9.17, 15) is 10.0 Å². The second kappa shape index (κ2) is 5.14. The molecule has 0 atom stereocenters. The number of nitrogens with one attached hydrogen (secondary N) is 1. The zero-order chi connectivity index (χ0) is 12.1. The van der Waals surface area contributed by atoms with E-state index < -0.39 is 5.91 Å². The molecule has 1 amide bonds. The summed E-state index contributed by atoms with van der Waals surface area (Å²) in [6, 6.07) is 6.87. The molecule has 0 heterocycles. The molecule has 1 aromatic rings. The minimum atomic E-state index is -0.537. The van der Waals surface area contributed by atoms with E-state index in [1.54, 1.807) is 12.1 Å². The zero-order valence-electron chi connectivity index (χ0n) is 9.19. The van der Waals surface area contributed by atoms with E-state index in [4.69, 9.17) is 5.26 Å². The summed E-state index contributed by atoms with van der Waals surface area (Å²) in [6.07, 6.45) is 0. The average molecular weight is 219 g/mol. The minimum absolute atomic E-state index is 0.188. The van der Waals surface area contributed by atoms with Crippen molar-refractivity contribution in [1.82, 2.24) is 0 Å². The predicted molar refractivity (Wildman–Crippen MR) is 60.3 cm³/mol. The molecule has 1 rings (SSSR count). The lowest BCUT2D eigenvalue weighted by Gasteiger charge is -2.16. The van der Waals surface area contributed by atoms with E-state index in [1.165, 1.54) is 13.0 Å². The van der Waals surface area contributed by atoms with Crippen LogP contribution in [0.2, 0.25) is 0 Å². The van der Waals surface area contributed by atoms with E-state index in [0.717, 1.165) is 0 Å². The number of nitriles is 1. The lowest BCUT2D eigenvalue weighted by Crippen LogP contribution is -2.24. The maximum Gasteiger partial charge on any atom is 0.247 e. The number of hydrogen-bond acceptors (Lipinski definition) is 4. The molecule has 0 saturated heterocycles. The van der Waals surface area contributed by atoms with Gasteiger partial charge in [0.2, 0.25) is 5.91 Å². The third kappa shape index (κ3) is 2.30. The number of hydrogen-bond donors (Lipinski definition) is 2. The van der Waals surface area contributed by atoms with Gasteiger partial charge >= 0.3 is 0 Å². The fraction of sp³-hybridized carbons (Fsp3) is 0.273. The quantitative estimate of drug-likeness (QED) is 0.599. The van der Waals surface area contributed by atoms with Crippen LogP contribution >= 0.6 is 0 Å². The summed E-state index contributed by atoms with van der Waals surface area (Å²) in [5, 5.41) is 22.0. The molecule has 84 valence electrons. The van der Waals surface area contributed by atoms with Crippen molar-refractivity contribution in [2.45, 2.75) is 13.8 Å². The second-order valence-electron chi connectivity index (χ2n) is 3.17. The first-order valence-corrected chi connectivity index (χ1v) is 4.88. The van der Waals surface area contributed by atoms with Crippen LogP contribution in [0, 0.1) is 11.3 Å². The SMILES string of the molecule is CCNc1cccc(N(O)C(C)=O)c1C#N. The predicted octanol–water partition coefficient (Wildman–Crippen LogP) is 1.73. The molecule has 5 nitrogen and oxygen atoms in total. The number of hydroxylamine groups is 1. The summed E-state index contributed by atoms with van der Waals surface area (Å²) < 4.78 is 0. The van der Waals surface area contributed by atoms with E-state index in [0.29, 0.717) is 17.3 Å². The first kappa shape index (κ1) is 12.0. The molecule has 5 heteroatoms. The van der Waals surface area contributed by atoms with E-state index in [1.807, 2.05) is 13.0 Å². The summed E-state index contributed by atoms with van der Waals surface area (Å²) in [5.74, 6) is -0.537. The van der Waals surface area contributed by atoms with Gasteiger partial charge in [0.1, 0.15) is 11.6 Å². The molecule has 0 saturated carbocycles. The highest BCUT2D eigenvalue weighted by Gasteiger charge is 2.15. The summed E-state index contributed by atoms with van der Waals surface area (Å²) in [5.41, 5.74) is 1.04. The monoisotopic (exact) mass is 219 g/mol. The van der Waals surface area contributed by atoms with Crippen LogP contribution in [0.15, 0.2) is 18.2 Å². The highest BCUT2D eigenvalue weighted by Crippen LogP contribution is 2.26. The Morgan fingerprint density at radius 3 is 2.81 bits per heavy atom. The van der Waals surface area contributed by atoms with Crippen molar-refractivity contribution >= 4 is 17.3 Å². The third-order valence-corrected chi connectivity index (χ3v) is 2.05. The van der Waals surface area contributed by atoms with E-state index >= 15 is 0 Å². The van der Waals surface area contributed by atoms with Crippen LogP contribution in [0.5, 0.6) is 0 Å². The second-order valence-corrected chi connectivity index (χ2v) is 3.17. The minimum Gasteiger partial charge on any atom is -0.384 e. The standard InChI is InChI=1S/C11H13N3O2/c1-3-13-10-5-4-6-11(9(10)7-12)14(16)8(2)15/h4-6,13,16H,3H2,1-2H3. The fourth-order valence-corrected chi connectivity index (χ4v) is 1.34. The van der Waals surface area contributed by atoms with Crippen LogP contribution < -0.4 is 10.4 Å². The summed E-state index contributed by atoms with van der Waals surface area (Å²) in [7, 11) is 0. The average Bonchev–Trinajstić information content (AvgIpc) is 2.28. The summed E-state index contributed by atoms with van der Waals surface area (Å²) in [6.45, 7) is 3.78. The van der Waals surface area contributed by atoms with Crippen molar-refractivity contribution in [3.05, 3.63) is 23.8 Å². The number of amides is 1. The Kier molecular flexibility index (Phi) is 3.86. The number of nitrogens with zero attached hydrogens (tertiary/aromatic N) is 2. The van der Waals surface area contributed by atoms with Crippen molar-refractivity contribution in [2.24, 2.45) is 0 Å². The molecule has 0 aliphatic heterocycles. The van der Waals surface area contributed by atoms with Crippen molar-refractivity contribution in [3.63, 3.8) is 0 Å². The number of anilines is 2. The summed E-state index contributed by atoms with van der Waals surface area (Å²) >= 11 is 0. The normalized spacial score (nSPS) is 9.38. The molecule has 0 unspecified atom stereocenters. The Balaban J connectivity index is 3.25. The van der Waals surface area contributed by atoms with Gasteiger partial charge in [-0.2, -0.15) is 10.3 Å². The van der Waals surface area contributed by atoms with Crippen LogP contribution in [-0.2, 0) is 4.79 Å². The van der Waals surface area contributed by atoms with Crippen LogP contribution in [0.25, 0.3) is 0 Å². The number of benzene rings is 1. The zero-order valence-corrected chi connectivity index (χ0v) is 9.19. The molecule has 0 aliphatic carbocycles. The third-order valence-electron chi connectivity index (χ3n) is 2.05. The van der Waals surface area contributed by atoms with Gasteiger partial charge in [0.25, 0.3) is 0 Å². The van der Waals surface area contributed by atoms with Crippen molar-refractivity contribution in [2.75, 3.05) is 16.9 Å². The Bertz CT molecular complexity index is 437. The first-order chi connectivity index (χ1) is 7.61. The van der Waals surface area contributed by atoms with Gasteiger partial charge in [-0.1, -0.05) is 6.07 Å². The maximum atomic E-state index is 11.0. The van der Waals surface area contributed by atoms with Crippen molar-refractivity contribution < 1.29 is 10.0 Å². The summed E-state index contributed by atoms with van der Waals surface area (Å²) in [4.78, 5) is 11.0. The Labute approximate surface area is 93.9 Å². The topological polar surface area (TPSA) is 76.4 Å². The van der Waals surface area contributed by atoms with Gasteiger partial charge in [0, 0.05) is 13.5 Å². The van der Waals surface area contributed by atoms with Gasteiger partial charge in [-0.25, -0.2) is 0 Å². The number of rotatable bonds is 3. The Hall–Kier alpha value is -2.06. The molecule has 0 bridgehead atoms.